The van der Waals surface area contributed by atoms with E-state index in [1.807, 2.05) is 37.3 Å². The Kier molecular flexibility index (Phi) is 4.82. The summed E-state index contributed by atoms with van der Waals surface area (Å²) in [5.41, 5.74) is 1.71. The number of phenols is 1. The van der Waals surface area contributed by atoms with Crippen LogP contribution in [-0.2, 0) is 0 Å². The highest BCUT2D eigenvalue weighted by molar-refractivity contribution is 5.83. The van der Waals surface area contributed by atoms with E-state index >= 15 is 0 Å². The first-order valence-corrected chi connectivity index (χ1v) is 6.68. The van der Waals surface area contributed by atoms with Crippen LogP contribution in [0, 0.1) is 0 Å². The lowest BCUT2D eigenvalue weighted by Gasteiger charge is -2.12. The molecule has 0 unspecified atom stereocenters. The molecule has 0 amide bonds. The number of aliphatic imine (C=N–C) groups is 1. The zero-order valence-corrected chi connectivity index (χ0v) is 12.4. The summed E-state index contributed by atoms with van der Waals surface area (Å²) in [6.45, 7) is 1.98. The molecule has 110 valence electrons. The largest absolute Gasteiger partial charge is 0.507 e. The van der Waals surface area contributed by atoms with Crippen molar-refractivity contribution < 1.29 is 14.6 Å². The summed E-state index contributed by atoms with van der Waals surface area (Å²) in [7, 11) is 3.22. The number of hydrogen-bond donors (Lipinski definition) is 1. The van der Waals surface area contributed by atoms with Gasteiger partial charge in [0.15, 0.2) is 11.5 Å². The zero-order valence-electron chi connectivity index (χ0n) is 12.4. The maximum Gasteiger partial charge on any atom is 0.161 e. The van der Waals surface area contributed by atoms with Gasteiger partial charge in [-0.15, -0.1) is 0 Å². The maximum atomic E-state index is 9.72. The normalized spacial score (nSPS) is 12.3. The molecule has 4 nitrogen and oxygen atoms in total. The van der Waals surface area contributed by atoms with E-state index < -0.39 is 0 Å². The summed E-state index contributed by atoms with van der Waals surface area (Å²) in [5, 5.41) is 9.72. The van der Waals surface area contributed by atoms with Gasteiger partial charge in [0.1, 0.15) is 5.75 Å². The molecule has 0 spiro atoms. The van der Waals surface area contributed by atoms with Gasteiger partial charge in [0.2, 0.25) is 0 Å². The van der Waals surface area contributed by atoms with Crippen LogP contribution in [0.4, 0.5) is 0 Å². The standard InChI is InChI=1S/C17H19NO3/c1-12(18-11-14-6-4-5-7-15(14)19)13-8-9-16(20-2)17(10-13)21-3/h4-12,19H,1-3H3/t12-/m0/s1. The number of hydrogen-bond acceptors (Lipinski definition) is 4. The molecular weight excluding hydrogens is 266 g/mol. The van der Waals surface area contributed by atoms with E-state index in [1.165, 1.54) is 0 Å². The van der Waals surface area contributed by atoms with Crippen LogP contribution in [0.2, 0.25) is 0 Å². The second-order valence-corrected chi connectivity index (χ2v) is 4.63. The van der Waals surface area contributed by atoms with E-state index in [2.05, 4.69) is 4.99 Å². The van der Waals surface area contributed by atoms with Gasteiger partial charge in [0.25, 0.3) is 0 Å². The smallest absolute Gasteiger partial charge is 0.161 e. The molecule has 21 heavy (non-hydrogen) atoms. The van der Waals surface area contributed by atoms with Crippen LogP contribution < -0.4 is 9.47 Å². The molecule has 0 saturated heterocycles. The van der Waals surface area contributed by atoms with Crippen molar-refractivity contribution in [1.29, 1.82) is 0 Å². The summed E-state index contributed by atoms with van der Waals surface area (Å²) >= 11 is 0. The van der Waals surface area contributed by atoms with E-state index in [9.17, 15) is 5.11 Å². The van der Waals surface area contributed by atoms with Crippen molar-refractivity contribution in [2.75, 3.05) is 14.2 Å². The van der Waals surface area contributed by atoms with Crippen molar-refractivity contribution in [1.82, 2.24) is 0 Å². The van der Waals surface area contributed by atoms with Gasteiger partial charge in [-0.2, -0.15) is 0 Å². The Bertz CT molecular complexity index is 638. The minimum atomic E-state index is -0.0515. The summed E-state index contributed by atoms with van der Waals surface area (Å²) in [4.78, 5) is 4.47. The Labute approximate surface area is 124 Å². The maximum absolute atomic E-state index is 9.72. The fourth-order valence-electron chi connectivity index (χ4n) is 1.99. The average molecular weight is 285 g/mol. The fraction of sp³-hybridized carbons (Fsp3) is 0.235. The van der Waals surface area contributed by atoms with Gasteiger partial charge in [-0.3, -0.25) is 4.99 Å². The van der Waals surface area contributed by atoms with Crippen LogP contribution in [0.3, 0.4) is 0 Å². The number of aromatic hydroxyl groups is 1. The number of methoxy groups -OCH3 is 2. The lowest BCUT2D eigenvalue weighted by atomic mass is 10.1. The molecule has 2 rings (SSSR count). The van der Waals surface area contributed by atoms with Crippen molar-refractivity contribution >= 4 is 6.21 Å². The number of ether oxygens (including phenoxy) is 2. The molecule has 0 fully saturated rings. The predicted octanol–water partition coefficient (Wildman–Crippen LogP) is 3.59. The number of para-hydroxylation sites is 1. The predicted molar refractivity (Wildman–Crippen MR) is 83.7 cm³/mol. The molecule has 0 heterocycles. The first-order chi connectivity index (χ1) is 10.2. The van der Waals surface area contributed by atoms with E-state index in [-0.39, 0.29) is 11.8 Å². The number of rotatable bonds is 5. The molecule has 4 heteroatoms. The molecule has 1 atom stereocenters. The van der Waals surface area contributed by atoms with Gasteiger partial charge in [-0.25, -0.2) is 0 Å². The SMILES string of the molecule is COc1ccc([C@H](C)N=Cc2ccccc2O)cc1OC. The van der Waals surface area contributed by atoms with Crippen molar-refractivity contribution in [2.24, 2.45) is 4.99 Å². The van der Waals surface area contributed by atoms with Gasteiger partial charge in [0, 0.05) is 11.8 Å². The van der Waals surface area contributed by atoms with Crippen LogP contribution in [0.5, 0.6) is 17.2 Å². The summed E-state index contributed by atoms with van der Waals surface area (Å²) in [6, 6.07) is 12.8. The van der Waals surface area contributed by atoms with Gasteiger partial charge in [-0.05, 0) is 36.8 Å². The van der Waals surface area contributed by atoms with Crippen LogP contribution in [0.25, 0.3) is 0 Å². The third-order valence-electron chi connectivity index (χ3n) is 3.26. The topological polar surface area (TPSA) is 51.0 Å². The van der Waals surface area contributed by atoms with Crippen molar-refractivity contribution in [2.45, 2.75) is 13.0 Å². The Balaban J connectivity index is 2.20. The minimum absolute atomic E-state index is 0.0515. The lowest BCUT2D eigenvalue weighted by Crippen LogP contribution is -1.95. The second-order valence-electron chi connectivity index (χ2n) is 4.63. The van der Waals surface area contributed by atoms with Gasteiger partial charge < -0.3 is 14.6 Å². The van der Waals surface area contributed by atoms with Gasteiger partial charge in [0.05, 0.1) is 20.3 Å². The second kappa shape index (κ2) is 6.79. The first kappa shape index (κ1) is 14.9. The number of benzene rings is 2. The van der Waals surface area contributed by atoms with E-state index in [0.29, 0.717) is 17.1 Å². The number of nitrogens with zero attached hydrogens (tertiary/aromatic N) is 1. The van der Waals surface area contributed by atoms with Crippen molar-refractivity contribution in [3.8, 4) is 17.2 Å². The molecule has 0 aliphatic rings. The molecule has 0 aliphatic heterocycles. The Morgan fingerprint density at radius 3 is 2.43 bits per heavy atom. The highest BCUT2D eigenvalue weighted by Crippen LogP contribution is 2.31. The van der Waals surface area contributed by atoms with Crippen LogP contribution in [0.15, 0.2) is 47.5 Å². The van der Waals surface area contributed by atoms with Crippen molar-refractivity contribution in [3.63, 3.8) is 0 Å². The molecule has 0 radical (unpaired) electrons. The number of phenolic OH excluding ortho intramolecular Hbond substituents is 1. The van der Waals surface area contributed by atoms with Crippen molar-refractivity contribution in [3.05, 3.63) is 53.6 Å². The van der Waals surface area contributed by atoms with E-state index in [4.69, 9.17) is 9.47 Å². The van der Waals surface area contributed by atoms with E-state index in [1.54, 1.807) is 32.6 Å². The van der Waals surface area contributed by atoms with Gasteiger partial charge >= 0.3 is 0 Å². The Hall–Kier alpha value is -2.49. The molecular formula is C17H19NO3. The molecule has 2 aromatic carbocycles. The first-order valence-electron chi connectivity index (χ1n) is 6.68. The molecule has 2 aromatic rings. The third-order valence-corrected chi connectivity index (χ3v) is 3.26. The fourth-order valence-corrected chi connectivity index (χ4v) is 1.99. The van der Waals surface area contributed by atoms with Crippen LogP contribution >= 0.6 is 0 Å². The van der Waals surface area contributed by atoms with E-state index in [0.717, 1.165) is 5.56 Å². The molecule has 0 aromatic heterocycles. The molecule has 0 saturated carbocycles. The Morgan fingerprint density at radius 2 is 1.76 bits per heavy atom. The molecule has 0 aliphatic carbocycles. The monoisotopic (exact) mass is 285 g/mol. The van der Waals surface area contributed by atoms with Crippen LogP contribution in [0.1, 0.15) is 24.1 Å². The summed E-state index contributed by atoms with van der Waals surface area (Å²) in [5.74, 6) is 1.60. The minimum Gasteiger partial charge on any atom is -0.507 e. The highest BCUT2D eigenvalue weighted by Gasteiger charge is 2.09. The average Bonchev–Trinajstić information content (AvgIpc) is 2.53. The molecule has 1 N–H and O–H groups in total. The van der Waals surface area contributed by atoms with Gasteiger partial charge in [-0.1, -0.05) is 18.2 Å². The Morgan fingerprint density at radius 1 is 1.05 bits per heavy atom. The third kappa shape index (κ3) is 3.54. The lowest BCUT2D eigenvalue weighted by molar-refractivity contribution is 0.354. The zero-order chi connectivity index (χ0) is 15.2. The quantitative estimate of drug-likeness (QED) is 0.854. The summed E-state index contributed by atoms with van der Waals surface area (Å²) in [6.07, 6.45) is 1.68. The summed E-state index contributed by atoms with van der Waals surface area (Å²) < 4.78 is 10.5. The highest BCUT2D eigenvalue weighted by atomic mass is 16.5. The van der Waals surface area contributed by atoms with Crippen LogP contribution in [-0.4, -0.2) is 25.5 Å². The molecule has 0 bridgehead atoms.